The molecule has 0 aliphatic heterocycles. The smallest absolute Gasteiger partial charge is 0.304 e. The molecule has 0 fully saturated rings. The second kappa shape index (κ2) is 5.34. The molecule has 0 atom stereocenters. The van der Waals surface area contributed by atoms with Gasteiger partial charge in [0.1, 0.15) is 0 Å². The molecule has 0 aliphatic rings. The predicted octanol–water partition coefficient (Wildman–Crippen LogP) is 2.95. The highest BCUT2D eigenvalue weighted by Crippen LogP contribution is 2.26. The maximum Gasteiger partial charge on any atom is 0.304 e. The standard InChI is InChI=1S/C12H17NO2S/c1-12(2,3)9-6-10(8-13-7-9)16-5-4-11(14)15/h6-8H,4-5H2,1-3H3,(H,14,15). The van der Waals surface area contributed by atoms with Gasteiger partial charge >= 0.3 is 5.97 Å². The maximum absolute atomic E-state index is 10.4. The average Bonchev–Trinajstić information content (AvgIpc) is 2.16. The molecular weight excluding hydrogens is 222 g/mol. The van der Waals surface area contributed by atoms with Crippen molar-refractivity contribution in [2.45, 2.75) is 37.5 Å². The minimum Gasteiger partial charge on any atom is -0.481 e. The molecule has 4 heteroatoms. The van der Waals surface area contributed by atoms with Crippen LogP contribution in [0, 0.1) is 0 Å². The van der Waals surface area contributed by atoms with E-state index in [4.69, 9.17) is 5.11 Å². The van der Waals surface area contributed by atoms with Gasteiger partial charge in [0.05, 0.1) is 6.42 Å². The van der Waals surface area contributed by atoms with Gasteiger partial charge in [-0.3, -0.25) is 9.78 Å². The quantitative estimate of drug-likeness (QED) is 0.821. The van der Waals surface area contributed by atoms with E-state index in [1.54, 1.807) is 6.20 Å². The fraction of sp³-hybridized carbons (Fsp3) is 0.500. The van der Waals surface area contributed by atoms with Crippen LogP contribution in [-0.4, -0.2) is 21.8 Å². The molecule has 0 aliphatic carbocycles. The fourth-order valence-electron chi connectivity index (χ4n) is 1.16. The summed E-state index contributed by atoms with van der Waals surface area (Å²) in [6.45, 7) is 6.40. The molecule has 16 heavy (non-hydrogen) atoms. The van der Waals surface area contributed by atoms with Crippen LogP contribution >= 0.6 is 11.8 Å². The van der Waals surface area contributed by atoms with Gasteiger partial charge in [-0.15, -0.1) is 11.8 Å². The van der Waals surface area contributed by atoms with E-state index in [0.29, 0.717) is 5.75 Å². The molecule has 0 saturated carbocycles. The van der Waals surface area contributed by atoms with Gasteiger partial charge in [0.25, 0.3) is 0 Å². The lowest BCUT2D eigenvalue weighted by atomic mass is 9.88. The number of aliphatic carboxylic acids is 1. The number of thioether (sulfide) groups is 1. The Morgan fingerprint density at radius 2 is 2.12 bits per heavy atom. The van der Waals surface area contributed by atoms with Crippen LogP contribution < -0.4 is 0 Å². The molecular formula is C12H17NO2S. The lowest BCUT2D eigenvalue weighted by Gasteiger charge is -2.18. The Morgan fingerprint density at radius 3 is 2.69 bits per heavy atom. The van der Waals surface area contributed by atoms with E-state index in [-0.39, 0.29) is 11.8 Å². The molecule has 0 saturated heterocycles. The first-order valence-corrected chi connectivity index (χ1v) is 6.18. The van der Waals surface area contributed by atoms with E-state index < -0.39 is 5.97 Å². The number of pyridine rings is 1. The molecule has 3 nitrogen and oxygen atoms in total. The third-order valence-corrected chi connectivity index (χ3v) is 3.13. The minimum absolute atomic E-state index is 0.0797. The summed E-state index contributed by atoms with van der Waals surface area (Å²) in [6, 6.07) is 2.08. The van der Waals surface area contributed by atoms with Crippen molar-refractivity contribution in [2.75, 3.05) is 5.75 Å². The molecule has 88 valence electrons. The normalized spacial score (nSPS) is 11.4. The second-order valence-electron chi connectivity index (χ2n) is 4.65. The summed E-state index contributed by atoms with van der Waals surface area (Å²) in [4.78, 5) is 15.6. The van der Waals surface area contributed by atoms with Crippen LogP contribution in [0.3, 0.4) is 0 Å². The number of nitrogens with zero attached hydrogens (tertiary/aromatic N) is 1. The molecule has 0 spiro atoms. The van der Waals surface area contributed by atoms with Gasteiger partial charge in [0.2, 0.25) is 0 Å². The first-order chi connectivity index (χ1) is 7.39. The van der Waals surface area contributed by atoms with E-state index in [1.807, 2.05) is 6.20 Å². The number of carboxylic acid groups (broad SMARTS) is 1. The van der Waals surface area contributed by atoms with Gasteiger partial charge in [-0.2, -0.15) is 0 Å². The van der Waals surface area contributed by atoms with Gasteiger partial charge < -0.3 is 5.11 Å². The number of hydrogen-bond donors (Lipinski definition) is 1. The van der Waals surface area contributed by atoms with E-state index in [0.717, 1.165) is 4.90 Å². The molecule has 0 bridgehead atoms. The zero-order valence-corrected chi connectivity index (χ0v) is 10.7. The van der Waals surface area contributed by atoms with Crippen molar-refractivity contribution in [2.24, 2.45) is 0 Å². The zero-order valence-electron chi connectivity index (χ0n) is 9.86. The Hall–Kier alpha value is -1.03. The first-order valence-electron chi connectivity index (χ1n) is 5.20. The number of rotatable bonds is 4. The zero-order chi connectivity index (χ0) is 12.2. The summed E-state index contributed by atoms with van der Waals surface area (Å²) in [5.74, 6) is -0.169. The third kappa shape index (κ3) is 4.23. The van der Waals surface area contributed by atoms with Crippen LogP contribution in [0.2, 0.25) is 0 Å². The van der Waals surface area contributed by atoms with Crippen molar-refractivity contribution in [1.82, 2.24) is 4.98 Å². The molecule has 0 amide bonds. The van der Waals surface area contributed by atoms with Gasteiger partial charge in [0.15, 0.2) is 0 Å². The highest BCUT2D eigenvalue weighted by molar-refractivity contribution is 7.99. The van der Waals surface area contributed by atoms with Crippen molar-refractivity contribution in [3.8, 4) is 0 Å². The van der Waals surface area contributed by atoms with Gasteiger partial charge in [-0.25, -0.2) is 0 Å². The molecule has 1 rings (SSSR count). The summed E-state index contributed by atoms with van der Waals surface area (Å²) < 4.78 is 0. The van der Waals surface area contributed by atoms with Crippen LogP contribution in [-0.2, 0) is 10.2 Å². The predicted molar refractivity (Wildman–Crippen MR) is 65.9 cm³/mol. The van der Waals surface area contributed by atoms with E-state index >= 15 is 0 Å². The lowest BCUT2D eigenvalue weighted by molar-refractivity contribution is -0.136. The van der Waals surface area contributed by atoms with Crippen molar-refractivity contribution < 1.29 is 9.90 Å². The van der Waals surface area contributed by atoms with Crippen molar-refractivity contribution in [3.63, 3.8) is 0 Å². The van der Waals surface area contributed by atoms with E-state index in [2.05, 4.69) is 31.8 Å². The van der Waals surface area contributed by atoms with Crippen LogP contribution in [0.15, 0.2) is 23.4 Å². The summed E-state index contributed by atoms with van der Waals surface area (Å²) >= 11 is 1.54. The number of carboxylic acids is 1. The fourth-order valence-corrected chi connectivity index (χ4v) is 2.02. The summed E-state index contributed by atoms with van der Waals surface area (Å²) in [5.41, 5.74) is 1.25. The van der Waals surface area contributed by atoms with Crippen LogP contribution in [0.1, 0.15) is 32.8 Å². The van der Waals surface area contributed by atoms with Crippen LogP contribution in [0.4, 0.5) is 0 Å². The molecule has 0 aromatic carbocycles. The lowest BCUT2D eigenvalue weighted by Crippen LogP contribution is -2.11. The topological polar surface area (TPSA) is 50.2 Å². The van der Waals surface area contributed by atoms with Crippen LogP contribution in [0.25, 0.3) is 0 Å². The number of aromatic nitrogens is 1. The maximum atomic E-state index is 10.4. The Bertz CT molecular complexity index is 372. The van der Waals surface area contributed by atoms with Crippen molar-refractivity contribution >= 4 is 17.7 Å². The largest absolute Gasteiger partial charge is 0.481 e. The minimum atomic E-state index is -0.757. The van der Waals surface area contributed by atoms with Crippen molar-refractivity contribution in [1.29, 1.82) is 0 Å². The Morgan fingerprint density at radius 1 is 1.44 bits per heavy atom. The molecule has 1 aromatic heterocycles. The second-order valence-corrected chi connectivity index (χ2v) is 5.82. The van der Waals surface area contributed by atoms with Gasteiger partial charge in [0, 0.05) is 23.0 Å². The van der Waals surface area contributed by atoms with Gasteiger partial charge in [-0.05, 0) is 17.0 Å². The number of hydrogen-bond acceptors (Lipinski definition) is 3. The molecule has 1 heterocycles. The molecule has 1 aromatic rings. The Balaban J connectivity index is 2.64. The van der Waals surface area contributed by atoms with Crippen LogP contribution in [0.5, 0.6) is 0 Å². The SMILES string of the molecule is CC(C)(C)c1cncc(SCCC(=O)O)c1. The van der Waals surface area contributed by atoms with Crippen molar-refractivity contribution in [3.05, 3.63) is 24.0 Å². The van der Waals surface area contributed by atoms with E-state index in [9.17, 15) is 4.79 Å². The molecule has 1 N–H and O–H groups in total. The third-order valence-electron chi connectivity index (χ3n) is 2.16. The molecule has 0 radical (unpaired) electrons. The number of carbonyl (C=O) groups is 1. The highest BCUT2D eigenvalue weighted by Gasteiger charge is 2.14. The summed E-state index contributed by atoms with van der Waals surface area (Å²) in [5, 5.41) is 8.55. The summed E-state index contributed by atoms with van der Waals surface area (Å²) in [6.07, 6.45) is 3.83. The van der Waals surface area contributed by atoms with Gasteiger partial charge in [-0.1, -0.05) is 20.8 Å². The monoisotopic (exact) mass is 239 g/mol. The Kier molecular flexibility index (Phi) is 4.35. The molecule has 0 unspecified atom stereocenters. The average molecular weight is 239 g/mol. The first kappa shape index (κ1) is 13.0. The summed E-state index contributed by atoms with van der Waals surface area (Å²) in [7, 11) is 0. The van der Waals surface area contributed by atoms with E-state index in [1.165, 1.54) is 17.3 Å². The Labute approximate surface area is 100 Å². The highest BCUT2D eigenvalue weighted by atomic mass is 32.2.